The third-order valence-electron chi connectivity index (χ3n) is 4.30. The van der Waals surface area contributed by atoms with E-state index in [9.17, 15) is 9.59 Å². The van der Waals surface area contributed by atoms with E-state index in [4.69, 9.17) is 23.2 Å². The van der Waals surface area contributed by atoms with Crippen molar-refractivity contribution in [3.05, 3.63) is 69.2 Å². The molecule has 0 radical (unpaired) electrons. The number of hydrogen-bond donors (Lipinski definition) is 1. The summed E-state index contributed by atoms with van der Waals surface area (Å²) in [4.78, 5) is 25.3. The lowest BCUT2D eigenvalue weighted by molar-refractivity contribution is -0.118. The van der Waals surface area contributed by atoms with Gasteiger partial charge in [0.25, 0.3) is 5.91 Å². The largest absolute Gasteiger partial charge is 0.356 e. The fourth-order valence-corrected chi connectivity index (χ4v) is 3.19. The zero-order chi connectivity index (χ0) is 19.3. The Morgan fingerprint density at radius 1 is 1.12 bits per heavy atom. The highest BCUT2D eigenvalue weighted by Crippen LogP contribution is 2.29. The summed E-state index contributed by atoms with van der Waals surface area (Å²) in [6, 6.07) is 12.5. The number of nitrogens with one attached hydrogen (secondary N) is 1. The topological polar surface area (TPSA) is 49.4 Å². The van der Waals surface area contributed by atoms with Gasteiger partial charge in [-0.2, -0.15) is 0 Å². The van der Waals surface area contributed by atoms with E-state index >= 15 is 0 Å². The highest BCUT2D eigenvalue weighted by molar-refractivity contribution is 6.35. The summed E-state index contributed by atoms with van der Waals surface area (Å²) >= 11 is 12.2. The van der Waals surface area contributed by atoms with Gasteiger partial charge in [0.15, 0.2) is 0 Å². The standard InChI is InChI=1S/C20H22Cl2N2O2/c1-13(18-9-8-17(21)12-19(18)22)24(3)20(26)16-6-4-15(5-7-16)10-11-23-14(2)25/h4-9,12-13H,10-11H2,1-3H3,(H,23,25)/t13-/m1/s1. The van der Waals surface area contributed by atoms with E-state index in [0.29, 0.717) is 22.2 Å². The molecular weight excluding hydrogens is 371 g/mol. The van der Waals surface area contributed by atoms with Gasteiger partial charge in [0.2, 0.25) is 5.91 Å². The Bertz CT molecular complexity index is 791. The summed E-state index contributed by atoms with van der Waals surface area (Å²) in [5.74, 6) is -0.134. The van der Waals surface area contributed by atoms with E-state index < -0.39 is 0 Å². The molecule has 2 amide bonds. The highest BCUT2D eigenvalue weighted by Gasteiger charge is 2.20. The summed E-state index contributed by atoms with van der Waals surface area (Å²) in [5, 5.41) is 3.86. The number of nitrogens with zero attached hydrogens (tertiary/aromatic N) is 1. The molecule has 0 fully saturated rings. The Morgan fingerprint density at radius 2 is 1.77 bits per heavy atom. The van der Waals surface area contributed by atoms with Gasteiger partial charge in [-0.25, -0.2) is 0 Å². The minimum atomic E-state index is -0.188. The molecule has 0 unspecified atom stereocenters. The van der Waals surface area contributed by atoms with Crippen molar-refractivity contribution < 1.29 is 9.59 Å². The highest BCUT2D eigenvalue weighted by atomic mass is 35.5. The van der Waals surface area contributed by atoms with Crippen molar-refractivity contribution in [2.75, 3.05) is 13.6 Å². The minimum Gasteiger partial charge on any atom is -0.356 e. The smallest absolute Gasteiger partial charge is 0.254 e. The molecular formula is C20H22Cl2N2O2. The van der Waals surface area contributed by atoms with Gasteiger partial charge >= 0.3 is 0 Å². The van der Waals surface area contributed by atoms with Crippen LogP contribution in [0.5, 0.6) is 0 Å². The molecule has 2 aromatic carbocycles. The van der Waals surface area contributed by atoms with E-state index in [1.54, 1.807) is 36.2 Å². The molecule has 1 N–H and O–H groups in total. The van der Waals surface area contributed by atoms with Gasteiger partial charge in [-0.1, -0.05) is 41.4 Å². The fraction of sp³-hybridized carbons (Fsp3) is 0.300. The first-order valence-electron chi connectivity index (χ1n) is 8.35. The molecule has 2 aromatic rings. The number of hydrogen-bond acceptors (Lipinski definition) is 2. The molecule has 0 bridgehead atoms. The van der Waals surface area contributed by atoms with Gasteiger partial charge in [-0.15, -0.1) is 0 Å². The van der Waals surface area contributed by atoms with Crippen LogP contribution in [-0.2, 0) is 11.2 Å². The summed E-state index contributed by atoms with van der Waals surface area (Å²) in [5.41, 5.74) is 2.51. The van der Waals surface area contributed by atoms with Crippen molar-refractivity contribution in [2.24, 2.45) is 0 Å². The maximum absolute atomic E-state index is 12.8. The summed E-state index contributed by atoms with van der Waals surface area (Å²) in [7, 11) is 1.75. The Morgan fingerprint density at radius 3 is 2.35 bits per heavy atom. The monoisotopic (exact) mass is 392 g/mol. The zero-order valence-electron chi connectivity index (χ0n) is 15.1. The van der Waals surface area contributed by atoms with Crippen LogP contribution in [0.3, 0.4) is 0 Å². The van der Waals surface area contributed by atoms with Gasteiger partial charge in [0.1, 0.15) is 0 Å². The number of carbonyl (C=O) groups excluding carboxylic acids is 2. The number of benzene rings is 2. The van der Waals surface area contributed by atoms with Crippen molar-refractivity contribution in [2.45, 2.75) is 26.3 Å². The Labute approximate surface area is 164 Å². The van der Waals surface area contributed by atoms with E-state index in [0.717, 1.165) is 17.5 Å². The molecule has 4 nitrogen and oxygen atoms in total. The second-order valence-electron chi connectivity index (χ2n) is 6.19. The Hall–Kier alpha value is -2.04. The van der Waals surface area contributed by atoms with Gasteiger partial charge in [-0.3, -0.25) is 9.59 Å². The summed E-state index contributed by atoms with van der Waals surface area (Å²) < 4.78 is 0. The molecule has 0 saturated carbocycles. The molecule has 0 aliphatic heterocycles. The molecule has 0 spiro atoms. The second kappa shape index (κ2) is 9.06. The van der Waals surface area contributed by atoms with Crippen LogP contribution in [0.4, 0.5) is 0 Å². The predicted molar refractivity (Wildman–Crippen MR) is 106 cm³/mol. The zero-order valence-corrected chi connectivity index (χ0v) is 16.6. The van der Waals surface area contributed by atoms with Crippen LogP contribution in [0.2, 0.25) is 10.0 Å². The van der Waals surface area contributed by atoms with Crippen molar-refractivity contribution >= 4 is 35.0 Å². The molecule has 1 atom stereocenters. The molecule has 0 saturated heterocycles. The Balaban J connectivity index is 2.06. The third kappa shape index (κ3) is 5.23. The summed E-state index contributed by atoms with van der Waals surface area (Å²) in [6.07, 6.45) is 0.723. The third-order valence-corrected chi connectivity index (χ3v) is 4.86. The lowest BCUT2D eigenvalue weighted by atomic mass is 10.0. The van der Waals surface area contributed by atoms with Crippen molar-refractivity contribution in [1.29, 1.82) is 0 Å². The van der Waals surface area contributed by atoms with Crippen molar-refractivity contribution in [3.8, 4) is 0 Å². The maximum atomic E-state index is 12.8. The van der Waals surface area contributed by atoms with Crippen LogP contribution in [0.25, 0.3) is 0 Å². The first-order chi connectivity index (χ1) is 12.3. The lowest BCUT2D eigenvalue weighted by Crippen LogP contribution is -2.29. The number of rotatable bonds is 6. The van der Waals surface area contributed by atoms with Gasteiger partial charge in [-0.05, 0) is 48.7 Å². The molecule has 2 rings (SSSR count). The van der Waals surface area contributed by atoms with Crippen LogP contribution in [0.15, 0.2) is 42.5 Å². The van der Waals surface area contributed by atoms with Crippen LogP contribution in [-0.4, -0.2) is 30.3 Å². The van der Waals surface area contributed by atoms with Crippen LogP contribution >= 0.6 is 23.2 Å². The first-order valence-corrected chi connectivity index (χ1v) is 9.10. The molecule has 0 heterocycles. The normalized spacial score (nSPS) is 11.7. The average Bonchev–Trinajstić information content (AvgIpc) is 2.60. The molecule has 138 valence electrons. The van der Waals surface area contributed by atoms with E-state index in [2.05, 4.69) is 5.32 Å². The maximum Gasteiger partial charge on any atom is 0.254 e. The molecule has 0 aromatic heterocycles. The Kier molecular flexibility index (Phi) is 7.06. The van der Waals surface area contributed by atoms with Gasteiger partial charge in [0.05, 0.1) is 6.04 Å². The molecule has 0 aliphatic carbocycles. The second-order valence-corrected chi connectivity index (χ2v) is 7.03. The van der Waals surface area contributed by atoms with Crippen LogP contribution < -0.4 is 5.32 Å². The van der Waals surface area contributed by atoms with Crippen molar-refractivity contribution in [1.82, 2.24) is 10.2 Å². The first kappa shape index (κ1) is 20.3. The van der Waals surface area contributed by atoms with Crippen LogP contribution in [0.1, 0.15) is 41.4 Å². The number of amides is 2. The molecule has 26 heavy (non-hydrogen) atoms. The molecule has 6 heteroatoms. The summed E-state index contributed by atoms with van der Waals surface area (Å²) in [6.45, 7) is 4.00. The quantitative estimate of drug-likeness (QED) is 0.786. The van der Waals surface area contributed by atoms with E-state index in [1.807, 2.05) is 25.1 Å². The van der Waals surface area contributed by atoms with Gasteiger partial charge in [0, 0.05) is 36.1 Å². The average molecular weight is 393 g/mol. The van der Waals surface area contributed by atoms with E-state index in [-0.39, 0.29) is 17.9 Å². The SMILES string of the molecule is CC(=O)NCCc1ccc(C(=O)N(C)[C@H](C)c2ccc(Cl)cc2Cl)cc1. The van der Waals surface area contributed by atoms with Crippen LogP contribution in [0, 0.1) is 0 Å². The number of halogens is 2. The predicted octanol–water partition coefficient (Wildman–Crippen LogP) is 4.51. The lowest BCUT2D eigenvalue weighted by Gasteiger charge is -2.26. The fourth-order valence-electron chi connectivity index (χ4n) is 2.63. The van der Waals surface area contributed by atoms with Gasteiger partial charge < -0.3 is 10.2 Å². The van der Waals surface area contributed by atoms with Crippen molar-refractivity contribution in [3.63, 3.8) is 0 Å². The minimum absolute atomic E-state index is 0.0479. The number of carbonyl (C=O) groups is 2. The molecule has 0 aliphatic rings. The van der Waals surface area contributed by atoms with E-state index in [1.165, 1.54) is 6.92 Å².